The molecule has 0 aromatic heterocycles. The molecular formula is C8H13NO4S. The highest BCUT2D eigenvalue weighted by atomic mass is 32.2. The van der Waals surface area contributed by atoms with E-state index in [1.807, 2.05) is 0 Å². The van der Waals surface area contributed by atoms with Crippen LogP contribution in [0.5, 0.6) is 0 Å². The number of sulfonamides is 1. The third kappa shape index (κ3) is 6.46. The maximum atomic E-state index is 11.1. The van der Waals surface area contributed by atoms with Gasteiger partial charge in [-0.05, 0) is 6.42 Å². The summed E-state index contributed by atoms with van der Waals surface area (Å²) in [5.74, 6) is 1.61. The van der Waals surface area contributed by atoms with E-state index < -0.39 is 16.0 Å². The van der Waals surface area contributed by atoms with Crippen LogP contribution in [0.3, 0.4) is 0 Å². The Hall–Kier alpha value is -1.06. The first-order chi connectivity index (χ1) is 6.52. The van der Waals surface area contributed by atoms with Crippen LogP contribution in [0.15, 0.2) is 0 Å². The lowest BCUT2D eigenvalue weighted by atomic mass is 10.3. The summed E-state index contributed by atoms with van der Waals surface area (Å²) in [6.07, 6.45) is 5.20. The molecule has 0 radical (unpaired) electrons. The quantitative estimate of drug-likeness (QED) is 0.482. The minimum Gasteiger partial charge on any atom is -0.469 e. The molecule has 0 aliphatic carbocycles. The number of terminal acetylenes is 1. The van der Waals surface area contributed by atoms with Gasteiger partial charge in [-0.1, -0.05) is 5.92 Å². The summed E-state index contributed by atoms with van der Waals surface area (Å²) in [7, 11) is -2.09. The van der Waals surface area contributed by atoms with Gasteiger partial charge in [0.05, 0.1) is 19.4 Å². The molecule has 0 aliphatic heterocycles. The van der Waals surface area contributed by atoms with Crippen molar-refractivity contribution in [2.45, 2.75) is 12.8 Å². The fraction of sp³-hybridized carbons (Fsp3) is 0.625. The Balaban J connectivity index is 3.78. The zero-order chi connectivity index (χ0) is 11.0. The predicted octanol–water partition coefficient (Wildman–Crippen LogP) is -0.508. The molecule has 0 aromatic carbocycles. The number of hydrogen-bond donors (Lipinski definition) is 1. The normalized spacial score (nSPS) is 10.6. The Bertz CT molecular complexity index is 315. The van der Waals surface area contributed by atoms with Crippen LogP contribution in [0, 0.1) is 12.3 Å². The highest BCUT2D eigenvalue weighted by molar-refractivity contribution is 7.89. The van der Waals surface area contributed by atoms with Crippen LogP contribution in [0.4, 0.5) is 0 Å². The summed E-state index contributed by atoms with van der Waals surface area (Å²) in [6, 6.07) is 0. The van der Waals surface area contributed by atoms with Gasteiger partial charge >= 0.3 is 5.97 Å². The molecule has 80 valence electrons. The zero-order valence-electron chi connectivity index (χ0n) is 7.95. The molecule has 0 bridgehead atoms. The number of hydrogen-bond acceptors (Lipinski definition) is 4. The summed E-state index contributed by atoms with van der Waals surface area (Å²) in [5.41, 5.74) is 0. The Kier molecular flexibility index (Phi) is 5.92. The molecule has 1 N–H and O–H groups in total. The third-order valence-electron chi connectivity index (χ3n) is 1.42. The van der Waals surface area contributed by atoms with E-state index in [9.17, 15) is 13.2 Å². The van der Waals surface area contributed by atoms with Gasteiger partial charge in [0.1, 0.15) is 0 Å². The van der Waals surface area contributed by atoms with Crippen molar-refractivity contribution in [3.8, 4) is 12.3 Å². The molecule has 5 nitrogen and oxygen atoms in total. The van der Waals surface area contributed by atoms with Gasteiger partial charge in [-0.25, -0.2) is 13.1 Å². The Labute approximate surface area is 83.9 Å². The molecular weight excluding hydrogens is 206 g/mol. The van der Waals surface area contributed by atoms with E-state index in [0.717, 1.165) is 0 Å². The van der Waals surface area contributed by atoms with Crippen LogP contribution >= 0.6 is 0 Å². The lowest BCUT2D eigenvalue weighted by Gasteiger charge is -2.02. The zero-order valence-corrected chi connectivity index (χ0v) is 8.76. The monoisotopic (exact) mass is 219 g/mol. The van der Waals surface area contributed by atoms with Crippen molar-refractivity contribution in [3.05, 3.63) is 0 Å². The van der Waals surface area contributed by atoms with Gasteiger partial charge in [-0.15, -0.1) is 6.42 Å². The fourth-order valence-corrected chi connectivity index (χ4v) is 1.70. The molecule has 6 heteroatoms. The molecule has 14 heavy (non-hydrogen) atoms. The lowest BCUT2D eigenvalue weighted by Crippen LogP contribution is -2.26. The molecule has 0 atom stereocenters. The number of ether oxygens (including phenoxy) is 1. The molecule has 0 aromatic rings. The number of carbonyl (C=O) groups excluding carboxylic acids is 1. The topological polar surface area (TPSA) is 72.5 Å². The second kappa shape index (κ2) is 6.40. The van der Waals surface area contributed by atoms with E-state index >= 15 is 0 Å². The van der Waals surface area contributed by atoms with Crippen LogP contribution in [0.2, 0.25) is 0 Å². The van der Waals surface area contributed by atoms with Crippen molar-refractivity contribution in [1.82, 2.24) is 4.72 Å². The van der Waals surface area contributed by atoms with Gasteiger partial charge in [0.15, 0.2) is 0 Å². The molecule has 0 fully saturated rings. The van der Waals surface area contributed by atoms with Crippen molar-refractivity contribution in [2.24, 2.45) is 0 Å². The van der Waals surface area contributed by atoms with Crippen molar-refractivity contribution in [2.75, 3.05) is 19.4 Å². The first kappa shape index (κ1) is 12.9. The van der Waals surface area contributed by atoms with Crippen molar-refractivity contribution in [3.63, 3.8) is 0 Å². The smallest absolute Gasteiger partial charge is 0.305 e. The van der Waals surface area contributed by atoms with Gasteiger partial charge in [-0.3, -0.25) is 4.79 Å². The van der Waals surface area contributed by atoms with E-state index in [1.165, 1.54) is 7.11 Å². The van der Waals surface area contributed by atoms with Crippen molar-refractivity contribution < 1.29 is 17.9 Å². The summed E-state index contributed by atoms with van der Waals surface area (Å²) >= 11 is 0. The first-order valence-electron chi connectivity index (χ1n) is 3.99. The maximum Gasteiger partial charge on any atom is 0.305 e. The van der Waals surface area contributed by atoms with Crippen LogP contribution in [0.25, 0.3) is 0 Å². The van der Waals surface area contributed by atoms with Gasteiger partial charge < -0.3 is 4.74 Å². The highest BCUT2D eigenvalue weighted by Crippen LogP contribution is 1.95. The standard InChI is InChI=1S/C8H13NO4S/c1-3-6-9-14(11,12)7-4-5-8(10)13-2/h1,9H,4-7H2,2H3. The van der Waals surface area contributed by atoms with Crippen LogP contribution in [0.1, 0.15) is 12.8 Å². The average molecular weight is 219 g/mol. The van der Waals surface area contributed by atoms with Crippen LogP contribution in [-0.4, -0.2) is 33.8 Å². The number of esters is 1. The van der Waals surface area contributed by atoms with Gasteiger partial charge in [0.2, 0.25) is 10.0 Å². The second-order valence-electron chi connectivity index (χ2n) is 2.52. The van der Waals surface area contributed by atoms with E-state index in [-0.39, 0.29) is 25.1 Å². The van der Waals surface area contributed by atoms with E-state index in [0.29, 0.717) is 0 Å². The molecule has 0 saturated carbocycles. The van der Waals surface area contributed by atoms with E-state index in [4.69, 9.17) is 6.42 Å². The van der Waals surface area contributed by atoms with Gasteiger partial charge in [-0.2, -0.15) is 0 Å². The fourth-order valence-electron chi connectivity index (χ4n) is 0.732. The molecule has 0 amide bonds. The Morgan fingerprint density at radius 2 is 2.21 bits per heavy atom. The lowest BCUT2D eigenvalue weighted by molar-refractivity contribution is -0.140. The second-order valence-corrected chi connectivity index (χ2v) is 4.45. The molecule has 0 saturated heterocycles. The SMILES string of the molecule is C#CCNS(=O)(=O)CCCC(=O)OC. The summed E-state index contributed by atoms with van der Waals surface area (Å²) in [6.45, 7) is -0.0272. The largest absolute Gasteiger partial charge is 0.469 e. The Morgan fingerprint density at radius 3 is 2.71 bits per heavy atom. The van der Waals surface area contributed by atoms with Crippen LogP contribution < -0.4 is 4.72 Å². The molecule has 0 aliphatic rings. The van der Waals surface area contributed by atoms with Crippen molar-refractivity contribution in [1.29, 1.82) is 0 Å². The number of methoxy groups -OCH3 is 1. The van der Waals surface area contributed by atoms with E-state index in [1.54, 1.807) is 0 Å². The Morgan fingerprint density at radius 1 is 1.57 bits per heavy atom. The number of carbonyl (C=O) groups is 1. The average Bonchev–Trinajstić information content (AvgIpc) is 2.14. The molecule has 0 rings (SSSR count). The molecule has 0 heterocycles. The van der Waals surface area contributed by atoms with Gasteiger partial charge in [0.25, 0.3) is 0 Å². The predicted molar refractivity (Wildman–Crippen MR) is 51.9 cm³/mol. The summed E-state index contributed by atoms with van der Waals surface area (Å²) in [5, 5.41) is 0. The van der Waals surface area contributed by atoms with Gasteiger partial charge in [0, 0.05) is 6.42 Å². The molecule has 0 unspecified atom stereocenters. The number of rotatable bonds is 6. The maximum absolute atomic E-state index is 11.1. The first-order valence-corrected chi connectivity index (χ1v) is 5.64. The van der Waals surface area contributed by atoms with E-state index in [2.05, 4.69) is 15.4 Å². The highest BCUT2D eigenvalue weighted by Gasteiger charge is 2.10. The molecule has 0 spiro atoms. The minimum atomic E-state index is -3.35. The summed E-state index contributed by atoms with van der Waals surface area (Å²) < 4.78 is 28.7. The number of nitrogens with one attached hydrogen (secondary N) is 1. The summed E-state index contributed by atoms with van der Waals surface area (Å²) in [4.78, 5) is 10.6. The minimum absolute atomic E-state index is 0.0272. The third-order valence-corrected chi connectivity index (χ3v) is 2.83. The van der Waals surface area contributed by atoms with Crippen molar-refractivity contribution >= 4 is 16.0 Å². The van der Waals surface area contributed by atoms with Crippen LogP contribution in [-0.2, 0) is 19.6 Å².